The molecule has 6 rings (SSSR count). The summed E-state index contributed by atoms with van der Waals surface area (Å²) in [5.41, 5.74) is 11.6. The Hall–Kier alpha value is -2.52. The lowest BCUT2D eigenvalue weighted by molar-refractivity contribution is -0.0525. The van der Waals surface area contributed by atoms with Gasteiger partial charge in [-0.15, -0.1) is 5.10 Å². The van der Waals surface area contributed by atoms with Crippen LogP contribution in [-0.2, 0) is 46.7 Å². The molecule has 0 amide bonds. The van der Waals surface area contributed by atoms with Gasteiger partial charge in [0, 0.05) is 25.6 Å². The number of hydrogen-bond acceptors (Lipinski definition) is 16. The molecule has 2 saturated heterocycles. The zero-order chi connectivity index (χ0) is 31.2. The molecule has 8 N–H and O–H groups in total. The zero-order valence-electron chi connectivity index (χ0n) is 22.6. The van der Waals surface area contributed by atoms with Gasteiger partial charge in [-0.1, -0.05) is 5.21 Å². The van der Waals surface area contributed by atoms with Gasteiger partial charge in [-0.25, -0.2) is 9.97 Å². The number of nitrogen functional groups attached to an aromatic ring is 2. The molecule has 6 heterocycles. The van der Waals surface area contributed by atoms with E-state index in [0.717, 1.165) is 0 Å². The third-order valence-electron chi connectivity index (χ3n) is 7.14. The average molecular weight is 691 g/mol. The van der Waals surface area contributed by atoms with Crippen LogP contribution in [0, 0.1) is 0 Å². The van der Waals surface area contributed by atoms with Crippen molar-refractivity contribution in [2.75, 3.05) is 24.7 Å². The van der Waals surface area contributed by atoms with Crippen molar-refractivity contribution in [3.8, 4) is 0 Å². The quantitative estimate of drug-likeness (QED) is 0.109. The molecule has 0 aromatic carbocycles. The van der Waals surface area contributed by atoms with Crippen LogP contribution in [-0.4, -0.2) is 92.0 Å². The maximum Gasteiger partial charge on any atom is 0.325 e. The van der Waals surface area contributed by atoms with Gasteiger partial charge in [0.25, 0.3) is 5.56 Å². The topological polar surface area (TPSA) is 266 Å². The number of aliphatic hydroxyl groups is 1. The molecule has 23 heteroatoms. The summed E-state index contributed by atoms with van der Waals surface area (Å²) in [7, 11) is -2.54. The van der Waals surface area contributed by atoms with E-state index in [1.807, 2.05) is 0 Å². The molecule has 4 aromatic heterocycles. The highest BCUT2D eigenvalue weighted by molar-refractivity contribution is 8.07. The fourth-order valence-electron chi connectivity index (χ4n) is 5.25. The van der Waals surface area contributed by atoms with Crippen LogP contribution in [0.2, 0.25) is 0 Å². The second kappa shape index (κ2) is 12.7. The van der Waals surface area contributed by atoms with Gasteiger partial charge >= 0.3 is 6.72 Å². The Balaban J connectivity index is 1.19. The summed E-state index contributed by atoms with van der Waals surface area (Å²) in [6.45, 7) is -4.43. The summed E-state index contributed by atoms with van der Waals surface area (Å²) in [4.78, 5) is 48.0. The number of H-pyrrole nitrogens is 1. The van der Waals surface area contributed by atoms with Crippen molar-refractivity contribution in [3.63, 3.8) is 0 Å². The molecule has 0 saturated carbocycles. The van der Waals surface area contributed by atoms with Crippen LogP contribution in [0.1, 0.15) is 31.7 Å². The summed E-state index contributed by atoms with van der Waals surface area (Å²) in [6, 6.07) is 1.76. The minimum atomic E-state index is -3.99. The number of hydrogen-bond donors (Lipinski definition) is 6. The summed E-state index contributed by atoms with van der Waals surface area (Å²) < 4.78 is 32.3. The summed E-state index contributed by atoms with van der Waals surface area (Å²) >= 11 is 10.3. The number of aliphatic hydroxyl groups excluding tert-OH is 1. The molecular formula is C21H28N10O9P2S2. The first-order valence-corrected chi connectivity index (χ1v) is 18.3. The molecule has 4 aromatic rings. The van der Waals surface area contributed by atoms with Gasteiger partial charge < -0.3 is 54.0 Å². The number of rotatable bonds is 11. The molecule has 0 spiro atoms. The number of anilines is 2. The maximum absolute atomic E-state index is 12.3. The van der Waals surface area contributed by atoms with Crippen LogP contribution in [0.25, 0.3) is 22.2 Å². The molecule has 0 radical (unpaired) electrons. The molecule has 0 aliphatic carbocycles. The van der Waals surface area contributed by atoms with Crippen molar-refractivity contribution in [2.45, 2.75) is 56.1 Å². The van der Waals surface area contributed by atoms with Crippen molar-refractivity contribution < 1.29 is 37.9 Å². The molecule has 8 atom stereocenters. The van der Waals surface area contributed by atoms with E-state index in [-0.39, 0.29) is 49.6 Å². The second-order valence-electron chi connectivity index (χ2n) is 9.97. The standard InChI is InChI=1S/C21H28N10O9P2S2/c22-16-10-1-3-30(17(10)25-8-24-16)14-6-11(39-41(34)43)13(38-14)7-36-42(35,44)40-12-5-9(2-4-32)37-20(12)31-18-15(28-29-31)19(33)27-21(23)26-18/h1,3,8-9,11-14,20,32,41H,2,4-7H2,(H,34,43)(H,35,44)(H2,22,24,25)(H3,23,26,27,33)/t9-,11+,12-,13-,14-,20-,42?/m1/s1. The normalized spacial score (nSPS) is 27.7. The number of ether oxygens (including phenoxy) is 2. The molecule has 0 bridgehead atoms. The van der Waals surface area contributed by atoms with Gasteiger partial charge in [0.05, 0.1) is 24.2 Å². The number of nitrogens with two attached hydrogens (primary N) is 2. The number of nitrogens with one attached hydrogen (secondary N) is 1. The molecular weight excluding hydrogens is 662 g/mol. The predicted octanol–water partition coefficient (Wildman–Crippen LogP) is -0.417. The molecule has 19 nitrogen and oxygen atoms in total. The van der Waals surface area contributed by atoms with Gasteiger partial charge in [-0.2, -0.15) is 9.67 Å². The average Bonchev–Trinajstić information content (AvgIpc) is 3.73. The Morgan fingerprint density at radius 3 is 2.82 bits per heavy atom. The van der Waals surface area contributed by atoms with Gasteiger partial charge in [-0.05, 0) is 36.1 Å². The number of aromatic nitrogens is 8. The number of nitrogens with zero attached hydrogens (tertiary/aromatic N) is 7. The fraction of sp³-hybridized carbons (Fsp3) is 0.524. The highest BCUT2D eigenvalue weighted by atomic mass is 32.5. The monoisotopic (exact) mass is 690 g/mol. The minimum Gasteiger partial charge on any atom is -0.396 e. The molecule has 2 fully saturated rings. The zero-order valence-corrected chi connectivity index (χ0v) is 26.1. The van der Waals surface area contributed by atoms with E-state index < -0.39 is 56.3 Å². The lowest BCUT2D eigenvalue weighted by Gasteiger charge is -2.25. The van der Waals surface area contributed by atoms with Crippen LogP contribution in [0.4, 0.5) is 11.8 Å². The van der Waals surface area contributed by atoms with Crippen molar-refractivity contribution in [2.24, 2.45) is 0 Å². The van der Waals surface area contributed by atoms with E-state index in [4.69, 9.17) is 58.1 Å². The Morgan fingerprint density at radius 1 is 1.23 bits per heavy atom. The smallest absolute Gasteiger partial charge is 0.325 e. The van der Waals surface area contributed by atoms with Gasteiger partial charge in [0.15, 0.2) is 24.5 Å². The SMILES string of the molecule is Nc1nc2c(nnn2[C@@H]2O[C@H](CCO)C[C@H]2OP(O)(=S)OC[C@H]2O[C@@H](n3ccc4c(N)ncnc43)C[C@@H]2O[PH](O)=S)c(=O)[nH]1. The van der Waals surface area contributed by atoms with Gasteiger partial charge in [-0.3, -0.25) is 9.78 Å². The molecule has 2 unspecified atom stereocenters. The first kappa shape index (κ1) is 31.5. The van der Waals surface area contributed by atoms with Crippen LogP contribution >= 0.6 is 13.9 Å². The van der Waals surface area contributed by atoms with Crippen LogP contribution in [0.3, 0.4) is 0 Å². The first-order valence-electron chi connectivity index (χ1n) is 13.2. The lowest BCUT2D eigenvalue weighted by Crippen LogP contribution is -2.28. The molecule has 44 heavy (non-hydrogen) atoms. The summed E-state index contributed by atoms with van der Waals surface area (Å²) in [5.74, 6) is 0.148. The number of aromatic amines is 1. The van der Waals surface area contributed by atoms with E-state index in [1.54, 1.807) is 16.8 Å². The molecule has 2 aliphatic heterocycles. The Labute approximate surface area is 258 Å². The van der Waals surface area contributed by atoms with Crippen molar-refractivity contribution >= 4 is 71.4 Å². The van der Waals surface area contributed by atoms with Crippen molar-refractivity contribution in [1.29, 1.82) is 0 Å². The Kier molecular flexibility index (Phi) is 9.08. The molecule has 238 valence electrons. The second-order valence-corrected chi connectivity index (χ2v) is 14.6. The van der Waals surface area contributed by atoms with E-state index in [9.17, 15) is 19.7 Å². The van der Waals surface area contributed by atoms with Crippen LogP contribution in [0.15, 0.2) is 23.4 Å². The first-order chi connectivity index (χ1) is 21.0. The predicted molar refractivity (Wildman–Crippen MR) is 161 cm³/mol. The Morgan fingerprint density at radius 2 is 2.05 bits per heavy atom. The maximum atomic E-state index is 12.3. The van der Waals surface area contributed by atoms with E-state index in [1.165, 1.54) is 11.0 Å². The van der Waals surface area contributed by atoms with Crippen molar-refractivity contribution in [3.05, 3.63) is 28.9 Å². The summed E-state index contributed by atoms with van der Waals surface area (Å²) in [5, 5.41) is 18.0. The third kappa shape index (κ3) is 6.41. The fourth-order valence-corrected chi connectivity index (χ4v) is 7.57. The molecule has 2 aliphatic rings. The summed E-state index contributed by atoms with van der Waals surface area (Å²) in [6.07, 6.45) is -0.776. The highest BCUT2D eigenvalue weighted by Gasteiger charge is 2.43. The lowest BCUT2D eigenvalue weighted by atomic mass is 10.1. The highest BCUT2D eigenvalue weighted by Crippen LogP contribution is 2.50. The van der Waals surface area contributed by atoms with Crippen LogP contribution in [0.5, 0.6) is 0 Å². The van der Waals surface area contributed by atoms with Gasteiger partial charge in [0.2, 0.25) is 5.95 Å². The van der Waals surface area contributed by atoms with E-state index in [2.05, 4.69) is 30.2 Å². The third-order valence-corrected chi connectivity index (χ3v) is 9.52. The van der Waals surface area contributed by atoms with E-state index in [0.29, 0.717) is 16.9 Å². The van der Waals surface area contributed by atoms with Crippen molar-refractivity contribution in [1.82, 2.24) is 39.5 Å². The minimum absolute atomic E-state index is 0.0298. The van der Waals surface area contributed by atoms with Gasteiger partial charge in [0.1, 0.15) is 36.2 Å². The van der Waals surface area contributed by atoms with E-state index >= 15 is 0 Å². The number of fused-ring (bicyclic) bond motifs is 2. The largest absolute Gasteiger partial charge is 0.396 e. The van der Waals surface area contributed by atoms with Crippen LogP contribution < -0.4 is 17.0 Å². The Bertz CT molecular complexity index is 1810.